The summed E-state index contributed by atoms with van der Waals surface area (Å²) in [5, 5.41) is 9.86. The molecule has 0 aliphatic rings. The maximum absolute atomic E-state index is 9.86. The summed E-state index contributed by atoms with van der Waals surface area (Å²) in [6, 6.07) is 0. The highest BCUT2D eigenvalue weighted by Crippen LogP contribution is 2.12. The van der Waals surface area contributed by atoms with Crippen LogP contribution in [-0.4, -0.2) is 69.1 Å². The molecule has 104 valence electrons. The molecule has 0 rings (SSSR count). The second-order valence-electron chi connectivity index (χ2n) is 7.17. The molecule has 0 bridgehead atoms. The topological polar surface area (TPSA) is 20.2 Å². The van der Waals surface area contributed by atoms with E-state index in [-0.39, 0.29) is 6.23 Å². The number of hydrogen-bond donors (Lipinski definition) is 1. The predicted molar refractivity (Wildman–Crippen MR) is 74.6 cm³/mol. The van der Waals surface area contributed by atoms with Gasteiger partial charge in [-0.3, -0.25) is 0 Å². The van der Waals surface area contributed by atoms with Crippen LogP contribution in [0.15, 0.2) is 0 Å². The summed E-state index contributed by atoms with van der Waals surface area (Å²) in [5.74, 6) is 0. The first-order chi connectivity index (χ1) is 7.63. The van der Waals surface area contributed by atoms with E-state index in [2.05, 4.69) is 21.1 Å². The Labute approximate surface area is 108 Å². The Bertz CT molecular complexity index is 191. The quantitative estimate of drug-likeness (QED) is 0.375. The highest BCUT2D eigenvalue weighted by atomic mass is 16.3. The summed E-state index contributed by atoms with van der Waals surface area (Å²) in [6.45, 7) is 1.27. The van der Waals surface area contributed by atoms with E-state index < -0.39 is 0 Å². The lowest BCUT2D eigenvalue weighted by molar-refractivity contribution is -0.919. The Morgan fingerprint density at radius 1 is 0.765 bits per heavy atom. The van der Waals surface area contributed by atoms with E-state index >= 15 is 0 Å². The first-order valence-corrected chi connectivity index (χ1v) is 6.92. The van der Waals surface area contributed by atoms with Crippen LogP contribution >= 0.6 is 0 Å². The lowest BCUT2D eigenvalue weighted by atomic mass is 10.1. The van der Waals surface area contributed by atoms with Crippen LogP contribution < -0.4 is 0 Å². The van der Waals surface area contributed by atoms with Crippen molar-refractivity contribution < 1.29 is 14.1 Å². The molecule has 3 nitrogen and oxygen atoms in total. The lowest BCUT2D eigenvalue weighted by Gasteiger charge is -2.29. The molecule has 1 unspecified atom stereocenters. The van der Waals surface area contributed by atoms with Gasteiger partial charge in [-0.2, -0.15) is 0 Å². The van der Waals surface area contributed by atoms with E-state index in [1.54, 1.807) is 0 Å². The lowest BCUT2D eigenvalue weighted by Crippen LogP contribution is -2.44. The summed E-state index contributed by atoms with van der Waals surface area (Å²) in [4.78, 5) is 0. The average Bonchev–Trinajstić information content (AvgIpc) is 2.12. The van der Waals surface area contributed by atoms with E-state index in [4.69, 9.17) is 0 Å². The third-order valence-corrected chi connectivity index (χ3v) is 3.19. The molecule has 0 aromatic carbocycles. The number of unbranched alkanes of at least 4 members (excludes halogenated alkanes) is 4. The van der Waals surface area contributed by atoms with Gasteiger partial charge in [0, 0.05) is 6.42 Å². The summed E-state index contributed by atoms with van der Waals surface area (Å²) < 4.78 is 1.72. The zero-order valence-electron chi connectivity index (χ0n) is 12.9. The van der Waals surface area contributed by atoms with Gasteiger partial charge in [0.05, 0.1) is 48.8 Å². The van der Waals surface area contributed by atoms with E-state index in [1.165, 1.54) is 32.2 Å². The molecular formula is C14H34N2O+2. The van der Waals surface area contributed by atoms with Gasteiger partial charge in [0.1, 0.15) is 0 Å². The number of quaternary nitrogens is 2. The van der Waals surface area contributed by atoms with Crippen LogP contribution in [0, 0.1) is 0 Å². The number of aliphatic hydroxyl groups is 1. The summed E-state index contributed by atoms with van der Waals surface area (Å²) in [5.41, 5.74) is 0. The Balaban J connectivity index is 3.36. The Kier molecular flexibility index (Phi) is 7.29. The molecule has 0 aliphatic heterocycles. The number of nitrogens with zero attached hydrogens (tertiary/aromatic N) is 2. The van der Waals surface area contributed by atoms with E-state index in [0.717, 1.165) is 17.3 Å². The standard InChI is InChI=1S/C14H34N2O/c1-15(2,3)13-11-9-7-8-10-12-14(17)16(4,5)6/h14,17H,7-13H2,1-6H3/q+2. The molecule has 0 saturated heterocycles. The summed E-state index contributed by atoms with van der Waals surface area (Å²) in [6.07, 6.45) is 7.09. The zero-order chi connectivity index (χ0) is 13.5. The molecule has 17 heavy (non-hydrogen) atoms. The van der Waals surface area contributed by atoms with Crippen LogP contribution in [0.1, 0.15) is 38.5 Å². The second-order valence-corrected chi connectivity index (χ2v) is 7.17. The van der Waals surface area contributed by atoms with Crippen LogP contribution in [0.3, 0.4) is 0 Å². The number of rotatable bonds is 9. The van der Waals surface area contributed by atoms with Crippen molar-refractivity contribution in [3.8, 4) is 0 Å². The maximum atomic E-state index is 9.86. The monoisotopic (exact) mass is 246 g/mol. The highest BCUT2D eigenvalue weighted by Gasteiger charge is 2.19. The Hall–Kier alpha value is -0.120. The van der Waals surface area contributed by atoms with Crippen molar-refractivity contribution in [2.75, 3.05) is 48.8 Å². The van der Waals surface area contributed by atoms with E-state index in [9.17, 15) is 5.11 Å². The Morgan fingerprint density at radius 3 is 1.71 bits per heavy atom. The molecular weight excluding hydrogens is 212 g/mol. The number of hydrogen-bond acceptors (Lipinski definition) is 1. The molecule has 0 amide bonds. The van der Waals surface area contributed by atoms with Gasteiger partial charge in [-0.1, -0.05) is 12.8 Å². The van der Waals surface area contributed by atoms with Gasteiger partial charge in [0.2, 0.25) is 0 Å². The Morgan fingerprint density at radius 2 is 1.24 bits per heavy atom. The first kappa shape index (κ1) is 16.9. The smallest absolute Gasteiger partial charge is 0.189 e. The average molecular weight is 246 g/mol. The van der Waals surface area contributed by atoms with Gasteiger partial charge in [-0.05, 0) is 19.3 Å². The molecule has 0 aromatic heterocycles. The van der Waals surface area contributed by atoms with Crippen LogP contribution in [0.25, 0.3) is 0 Å². The molecule has 0 aliphatic carbocycles. The van der Waals surface area contributed by atoms with Gasteiger partial charge >= 0.3 is 0 Å². The highest BCUT2D eigenvalue weighted by molar-refractivity contribution is 4.47. The van der Waals surface area contributed by atoms with Gasteiger partial charge in [-0.15, -0.1) is 0 Å². The molecule has 0 fully saturated rings. The van der Waals surface area contributed by atoms with Crippen molar-refractivity contribution in [3.05, 3.63) is 0 Å². The molecule has 0 radical (unpaired) electrons. The predicted octanol–water partition coefficient (Wildman–Crippen LogP) is 2.06. The van der Waals surface area contributed by atoms with Crippen LogP contribution in [-0.2, 0) is 0 Å². The largest absolute Gasteiger partial charge is 0.345 e. The van der Waals surface area contributed by atoms with Crippen molar-refractivity contribution in [3.63, 3.8) is 0 Å². The normalized spacial score (nSPS) is 15.0. The SMILES string of the molecule is C[N+](C)(C)CCCCCCCC(O)[N+](C)(C)C. The minimum atomic E-state index is -0.207. The van der Waals surface area contributed by atoms with Crippen molar-refractivity contribution >= 4 is 0 Å². The third-order valence-electron chi connectivity index (χ3n) is 3.19. The number of aliphatic hydroxyl groups excluding tert-OH is 1. The summed E-state index contributed by atoms with van der Waals surface area (Å²) in [7, 11) is 12.9. The molecule has 0 aromatic rings. The van der Waals surface area contributed by atoms with Gasteiger partial charge in [0.25, 0.3) is 0 Å². The van der Waals surface area contributed by atoms with Crippen LogP contribution in [0.2, 0.25) is 0 Å². The fraction of sp³-hybridized carbons (Fsp3) is 1.00. The molecule has 3 heteroatoms. The van der Waals surface area contributed by atoms with Gasteiger partial charge in [-0.25, -0.2) is 0 Å². The molecule has 0 heterocycles. The minimum absolute atomic E-state index is 0.207. The third kappa shape index (κ3) is 10.7. The molecule has 1 N–H and O–H groups in total. The summed E-state index contributed by atoms with van der Waals surface area (Å²) >= 11 is 0. The zero-order valence-corrected chi connectivity index (χ0v) is 12.9. The van der Waals surface area contributed by atoms with Crippen molar-refractivity contribution in [2.24, 2.45) is 0 Å². The van der Waals surface area contributed by atoms with E-state index in [0.29, 0.717) is 4.48 Å². The molecule has 0 spiro atoms. The minimum Gasteiger partial charge on any atom is -0.345 e. The van der Waals surface area contributed by atoms with Gasteiger partial charge < -0.3 is 14.1 Å². The molecule has 1 atom stereocenters. The van der Waals surface area contributed by atoms with Crippen LogP contribution in [0.4, 0.5) is 0 Å². The van der Waals surface area contributed by atoms with Crippen molar-refractivity contribution in [1.82, 2.24) is 0 Å². The van der Waals surface area contributed by atoms with Crippen LogP contribution in [0.5, 0.6) is 0 Å². The molecule has 0 saturated carbocycles. The van der Waals surface area contributed by atoms with Gasteiger partial charge in [0.15, 0.2) is 6.23 Å². The maximum Gasteiger partial charge on any atom is 0.189 e. The van der Waals surface area contributed by atoms with Crippen molar-refractivity contribution in [2.45, 2.75) is 44.8 Å². The van der Waals surface area contributed by atoms with E-state index in [1.807, 2.05) is 21.1 Å². The fourth-order valence-corrected chi connectivity index (χ4v) is 1.83. The first-order valence-electron chi connectivity index (χ1n) is 6.92. The second kappa shape index (κ2) is 7.34. The van der Waals surface area contributed by atoms with Crippen molar-refractivity contribution in [1.29, 1.82) is 0 Å². The fourth-order valence-electron chi connectivity index (χ4n) is 1.83.